The number of ether oxygens (including phenoxy) is 2. The Bertz CT molecular complexity index is 827. The van der Waals surface area contributed by atoms with Gasteiger partial charge in [0.25, 0.3) is 5.91 Å². The quantitative estimate of drug-likeness (QED) is 0.392. The van der Waals surface area contributed by atoms with E-state index in [1.54, 1.807) is 6.07 Å². The summed E-state index contributed by atoms with van der Waals surface area (Å²) in [4.78, 5) is 12.2. The summed E-state index contributed by atoms with van der Waals surface area (Å²) in [5.41, 5.74) is -0.756. The molecule has 8 heteroatoms. The average molecular weight is 385 g/mol. The normalized spacial score (nSPS) is 10.6. The van der Waals surface area contributed by atoms with Crippen molar-refractivity contribution < 1.29 is 31.8 Å². The first-order chi connectivity index (χ1) is 12.9. The number of hydrogen-bond donors (Lipinski definition) is 1. The van der Waals surface area contributed by atoms with Crippen LogP contribution in [0.4, 0.5) is 23.2 Å². The second-order valence-corrected chi connectivity index (χ2v) is 5.66. The summed E-state index contributed by atoms with van der Waals surface area (Å²) < 4.78 is 64.5. The van der Waals surface area contributed by atoms with Gasteiger partial charge in [0, 0.05) is 11.8 Å². The van der Waals surface area contributed by atoms with Crippen molar-refractivity contribution >= 4 is 11.6 Å². The van der Waals surface area contributed by atoms with E-state index in [4.69, 9.17) is 9.47 Å². The zero-order chi connectivity index (χ0) is 20.0. The molecule has 0 unspecified atom stereocenters. The average Bonchev–Trinajstić information content (AvgIpc) is 2.66. The van der Waals surface area contributed by atoms with Crippen LogP contribution in [0.5, 0.6) is 11.5 Å². The van der Waals surface area contributed by atoms with Gasteiger partial charge in [0.2, 0.25) is 0 Å². The maximum absolute atomic E-state index is 13.8. The molecule has 4 nitrogen and oxygen atoms in total. The van der Waals surface area contributed by atoms with Crippen molar-refractivity contribution in [1.82, 2.24) is 0 Å². The van der Waals surface area contributed by atoms with Crippen LogP contribution in [-0.4, -0.2) is 19.1 Å². The highest BCUT2D eigenvalue weighted by atomic mass is 19.2. The Morgan fingerprint density at radius 3 is 2.15 bits per heavy atom. The maximum atomic E-state index is 13.8. The molecule has 0 atom stereocenters. The van der Waals surface area contributed by atoms with E-state index in [9.17, 15) is 22.4 Å². The number of anilines is 1. The maximum Gasteiger partial charge on any atom is 0.258 e. The minimum atomic E-state index is -2.05. The van der Waals surface area contributed by atoms with E-state index in [0.29, 0.717) is 30.8 Å². The molecule has 0 radical (unpaired) electrons. The number of carbonyl (C=O) groups is 1. The van der Waals surface area contributed by atoms with Crippen LogP contribution in [0.1, 0.15) is 37.0 Å². The monoisotopic (exact) mass is 385 g/mol. The molecular formula is C19H19F4NO3. The lowest BCUT2D eigenvalue weighted by molar-refractivity contribution is 0.102. The Kier molecular flexibility index (Phi) is 7.04. The molecule has 2 aromatic rings. The van der Waals surface area contributed by atoms with E-state index < -0.39 is 34.7 Å². The molecule has 0 aliphatic carbocycles. The van der Waals surface area contributed by atoms with Crippen LogP contribution in [0, 0.1) is 23.3 Å². The molecule has 0 bridgehead atoms. The smallest absolute Gasteiger partial charge is 0.258 e. The van der Waals surface area contributed by atoms with E-state index in [1.807, 2.05) is 13.8 Å². The van der Waals surface area contributed by atoms with Gasteiger partial charge >= 0.3 is 0 Å². The third kappa shape index (κ3) is 4.90. The number of halogens is 4. The molecule has 0 aliphatic rings. The van der Waals surface area contributed by atoms with Gasteiger partial charge in [-0.25, -0.2) is 17.6 Å². The molecular weight excluding hydrogens is 366 g/mol. The molecule has 0 spiro atoms. The molecule has 27 heavy (non-hydrogen) atoms. The number of carbonyl (C=O) groups excluding carboxylic acids is 1. The van der Waals surface area contributed by atoms with Gasteiger partial charge in [-0.3, -0.25) is 4.79 Å². The van der Waals surface area contributed by atoms with E-state index in [0.717, 1.165) is 12.8 Å². The molecule has 146 valence electrons. The molecule has 1 amide bonds. The van der Waals surface area contributed by atoms with Crippen molar-refractivity contribution in [3.8, 4) is 11.5 Å². The van der Waals surface area contributed by atoms with Crippen molar-refractivity contribution in [1.29, 1.82) is 0 Å². The zero-order valence-corrected chi connectivity index (χ0v) is 14.9. The predicted molar refractivity (Wildman–Crippen MR) is 92.2 cm³/mol. The minimum absolute atomic E-state index is 0.194. The molecule has 1 N–H and O–H groups in total. The summed E-state index contributed by atoms with van der Waals surface area (Å²) in [6.07, 6.45) is 1.52. The highest BCUT2D eigenvalue weighted by Gasteiger charge is 2.23. The van der Waals surface area contributed by atoms with E-state index >= 15 is 0 Å². The first-order valence-corrected chi connectivity index (χ1v) is 8.43. The van der Waals surface area contributed by atoms with Gasteiger partial charge in [0.1, 0.15) is 0 Å². The summed E-state index contributed by atoms with van der Waals surface area (Å²) >= 11 is 0. The Morgan fingerprint density at radius 1 is 0.889 bits per heavy atom. The third-order valence-electron chi connectivity index (χ3n) is 3.47. The van der Waals surface area contributed by atoms with Gasteiger partial charge in [0.05, 0.1) is 18.8 Å². The van der Waals surface area contributed by atoms with Crippen LogP contribution < -0.4 is 14.8 Å². The summed E-state index contributed by atoms with van der Waals surface area (Å²) in [6.45, 7) is 4.73. The lowest BCUT2D eigenvalue weighted by Crippen LogP contribution is -2.16. The number of amides is 1. The van der Waals surface area contributed by atoms with Gasteiger partial charge in [-0.2, -0.15) is 0 Å². The molecule has 0 heterocycles. The van der Waals surface area contributed by atoms with E-state index in [-0.39, 0.29) is 5.69 Å². The highest BCUT2D eigenvalue weighted by molar-refractivity contribution is 6.04. The van der Waals surface area contributed by atoms with Crippen molar-refractivity contribution in [2.75, 3.05) is 18.5 Å². The van der Waals surface area contributed by atoms with Crippen LogP contribution in [0.2, 0.25) is 0 Å². The first kappa shape index (κ1) is 20.5. The largest absolute Gasteiger partial charge is 0.490 e. The van der Waals surface area contributed by atoms with Gasteiger partial charge in [-0.15, -0.1) is 0 Å². The lowest BCUT2D eigenvalue weighted by Gasteiger charge is -2.14. The Balaban J connectivity index is 2.27. The van der Waals surface area contributed by atoms with Crippen molar-refractivity contribution in [3.63, 3.8) is 0 Å². The number of nitrogens with one attached hydrogen (secondary N) is 1. The molecule has 0 aliphatic heterocycles. The molecule has 0 aromatic heterocycles. The predicted octanol–water partition coefficient (Wildman–Crippen LogP) is 5.07. The standard InChI is InChI=1S/C19H19F4NO3/c1-3-7-26-14-6-5-11(9-15(14)27-8-4-2)24-19(25)12-10-13(20)17(22)18(23)16(12)21/h5-6,9-10H,3-4,7-8H2,1-2H3,(H,24,25). The topological polar surface area (TPSA) is 47.6 Å². The first-order valence-electron chi connectivity index (χ1n) is 8.43. The fraction of sp³-hybridized carbons (Fsp3) is 0.316. The minimum Gasteiger partial charge on any atom is -0.490 e. The summed E-state index contributed by atoms with van der Waals surface area (Å²) in [6, 6.07) is 4.78. The van der Waals surface area contributed by atoms with Gasteiger partial charge < -0.3 is 14.8 Å². The third-order valence-corrected chi connectivity index (χ3v) is 3.47. The van der Waals surface area contributed by atoms with Crippen molar-refractivity contribution in [2.24, 2.45) is 0 Å². The fourth-order valence-electron chi connectivity index (χ4n) is 2.18. The Hall–Kier alpha value is -2.77. The zero-order valence-electron chi connectivity index (χ0n) is 14.9. The summed E-state index contributed by atoms with van der Waals surface area (Å²) in [5, 5.41) is 2.30. The van der Waals surface area contributed by atoms with Crippen LogP contribution >= 0.6 is 0 Å². The number of benzene rings is 2. The van der Waals surface area contributed by atoms with Gasteiger partial charge in [-0.05, 0) is 31.0 Å². The SMILES string of the molecule is CCCOc1ccc(NC(=O)c2cc(F)c(F)c(F)c2F)cc1OCCC. The van der Waals surface area contributed by atoms with Crippen LogP contribution in [-0.2, 0) is 0 Å². The van der Waals surface area contributed by atoms with Crippen LogP contribution in [0.25, 0.3) is 0 Å². The number of hydrogen-bond acceptors (Lipinski definition) is 3. The van der Waals surface area contributed by atoms with Crippen molar-refractivity contribution in [3.05, 3.63) is 53.1 Å². The van der Waals surface area contributed by atoms with Crippen molar-refractivity contribution in [2.45, 2.75) is 26.7 Å². The van der Waals surface area contributed by atoms with Gasteiger partial charge in [-0.1, -0.05) is 13.8 Å². The highest BCUT2D eigenvalue weighted by Crippen LogP contribution is 2.31. The van der Waals surface area contributed by atoms with E-state index in [2.05, 4.69) is 5.32 Å². The lowest BCUT2D eigenvalue weighted by atomic mass is 10.1. The summed E-state index contributed by atoms with van der Waals surface area (Å²) in [5.74, 6) is -7.75. The molecule has 2 aromatic carbocycles. The molecule has 2 rings (SSSR count). The molecule has 0 fully saturated rings. The van der Waals surface area contributed by atoms with Crippen LogP contribution in [0.15, 0.2) is 24.3 Å². The Morgan fingerprint density at radius 2 is 1.52 bits per heavy atom. The summed E-state index contributed by atoms with van der Waals surface area (Å²) in [7, 11) is 0. The fourth-order valence-corrected chi connectivity index (χ4v) is 2.18. The molecule has 0 saturated heterocycles. The van der Waals surface area contributed by atoms with Crippen LogP contribution in [0.3, 0.4) is 0 Å². The number of rotatable bonds is 8. The van der Waals surface area contributed by atoms with E-state index in [1.165, 1.54) is 12.1 Å². The second-order valence-electron chi connectivity index (χ2n) is 5.66. The Labute approximate surface area is 154 Å². The molecule has 0 saturated carbocycles. The van der Waals surface area contributed by atoms with Gasteiger partial charge in [0.15, 0.2) is 34.8 Å². The second kappa shape index (κ2) is 9.25.